The molecular weight excluding hydrogens is 324 g/mol. The Balaban J connectivity index is 1.55. The molecule has 0 aliphatic rings. The van der Waals surface area contributed by atoms with Crippen molar-refractivity contribution in [2.75, 3.05) is 11.9 Å². The first-order chi connectivity index (χ1) is 12.6. The Bertz CT molecular complexity index is 876. The van der Waals surface area contributed by atoms with Gasteiger partial charge in [-0.15, -0.1) is 0 Å². The maximum absolute atomic E-state index is 12.2. The minimum atomic E-state index is -0.168. The summed E-state index contributed by atoms with van der Waals surface area (Å²) in [6.45, 7) is 4.66. The Kier molecular flexibility index (Phi) is 5.59. The van der Waals surface area contributed by atoms with E-state index in [-0.39, 0.29) is 5.91 Å². The maximum atomic E-state index is 12.2. The van der Waals surface area contributed by atoms with Gasteiger partial charge in [0.1, 0.15) is 0 Å². The summed E-state index contributed by atoms with van der Waals surface area (Å²) in [7, 11) is 0. The first-order valence-corrected chi connectivity index (χ1v) is 8.60. The van der Waals surface area contributed by atoms with Crippen LogP contribution in [0.1, 0.15) is 27.0 Å². The van der Waals surface area contributed by atoms with Crippen LogP contribution in [0.15, 0.2) is 60.9 Å². The number of carbonyl (C=O) groups excluding carboxylic acids is 1. The molecule has 0 spiro atoms. The van der Waals surface area contributed by atoms with Gasteiger partial charge in [0.05, 0.1) is 5.56 Å². The van der Waals surface area contributed by atoms with Gasteiger partial charge in [0.2, 0.25) is 5.95 Å². The second-order valence-electron chi connectivity index (χ2n) is 6.23. The molecule has 3 rings (SSSR count). The highest BCUT2D eigenvalue weighted by Gasteiger charge is 2.07. The van der Waals surface area contributed by atoms with Gasteiger partial charge in [-0.25, -0.2) is 9.97 Å². The summed E-state index contributed by atoms with van der Waals surface area (Å²) < 4.78 is 0. The van der Waals surface area contributed by atoms with Crippen LogP contribution in [-0.4, -0.2) is 22.4 Å². The van der Waals surface area contributed by atoms with E-state index >= 15 is 0 Å². The Morgan fingerprint density at radius 1 is 1.00 bits per heavy atom. The van der Waals surface area contributed by atoms with E-state index in [0.29, 0.717) is 18.1 Å². The molecule has 0 saturated heterocycles. The second-order valence-corrected chi connectivity index (χ2v) is 6.23. The van der Waals surface area contributed by atoms with E-state index in [1.807, 2.05) is 49.4 Å². The predicted molar refractivity (Wildman–Crippen MR) is 104 cm³/mol. The van der Waals surface area contributed by atoms with Crippen LogP contribution >= 0.6 is 0 Å². The van der Waals surface area contributed by atoms with Crippen LogP contribution in [0.3, 0.4) is 0 Å². The average molecular weight is 346 g/mol. The number of amides is 1. The highest BCUT2D eigenvalue weighted by molar-refractivity contribution is 5.93. The van der Waals surface area contributed by atoms with E-state index in [9.17, 15) is 4.79 Å². The molecule has 1 heterocycles. The fourth-order valence-corrected chi connectivity index (χ4v) is 2.65. The van der Waals surface area contributed by atoms with Crippen molar-refractivity contribution in [3.63, 3.8) is 0 Å². The lowest BCUT2D eigenvalue weighted by Crippen LogP contribution is -2.26. The van der Waals surface area contributed by atoms with E-state index in [1.54, 1.807) is 0 Å². The molecule has 0 radical (unpaired) electrons. The van der Waals surface area contributed by atoms with E-state index in [0.717, 1.165) is 17.7 Å². The minimum absolute atomic E-state index is 0.168. The minimum Gasteiger partial charge on any atom is -0.352 e. The third kappa shape index (κ3) is 4.66. The SMILES string of the molecule is Cc1ccc(Nc2ncc(C(=O)NCCc3ccccc3)cn2)c(C)c1. The Hall–Kier alpha value is -3.21. The third-order valence-electron chi connectivity index (χ3n) is 4.08. The monoisotopic (exact) mass is 346 g/mol. The Labute approximate surface area is 153 Å². The van der Waals surface area contributed by atoms with Gasteiger partial charge in [0.15, 0.2) is 0 Å². The molecule has 5 nitrogen and oxygen atoms in total. The van der Waals surface area contributed by atoms with E-state index in [2.05, 4.69) is 33.6 Å². The van der Waals surface area contributed by atoms with Crippen molar-refractivity contribution in [1.29, 1.82) is 0 Å². The number of rotatable bonds is 6. The van der Waals surface area contributed by atoms with Gasteiger partial charge in [-0.1, -0.05) is 48.0 Å². The van der Waals surface area contributed by atoms with Crippen LogP contribution < -0.4 is 10.6 Å². The number of benzene rings is 2. The van der Waals surface area contributed by atoms with Gasteiger partial charge in [-0.2, -0.15) is 0 Å². The van der Waals surface area contributed by atoms with Crippen LogP contribution in [0.5, 0.6) is 0 Å². The van der Waals surface area contributed by atoms with Crippen molar-refractivity contribution >= 4 is 17.5 Å². The lowest BCUT2D eigenvalue weighted by molar-refractivity contribution is 0.0953. The summed E-state index contributed by atoms with van der Waals surface area (Å²) in [4.78, 5) is 20.7. The zero-order chi connectivity index (χ0) is 18.4. The van der Waals surface area contributed by atoms with Crippen LogP contribution in [0.2, 0.25) is 0 Å². The van der Waals surface area contributed by atoms with Crippen LogP contribution in [0, 0.1) is 13.8 Å². The zero-order valence-electron chi connectivity index (χ0n) is 15.0. The van der Waals surface area contributed by atoms with E-state index < -0.39 is 0 Å². The summed E-state index contributed by atoms with van der Waals surface area (Å²) in [6.07, 6.45) is 3.87. The lowest BCUT2D eigenvalue weighted by Gasteiger charge is -2.09. The summed E-state index contributed by atoms with van der Waals surface area (Å²) in [5, 5.41) is 6.07. The van der Waals surface area contributed by atoms with E-state index in [1.165, 1.54) is 23.5 Å². The van der Waals surface area contributed by atoms with Crippen molar-refractivity contribution in [1.82, 2.24) is 15.3 Å². The van der Waals surface area contributed by atoms with Crippen LogP contribution in [0.25, 0.3) is 0 Å². The first-order valence-electron chi connectivity index (χ1n) is 8.60. The maximum Gasteiger partial charge on any atom is 0.254 e. The van der Waals surface area contributed by atoms with Crippen LogP contribution in [0.4, 0.5) is 11.6 Å². The third-order valence-corrected chi connectivity index (χ3v) is 4.08. The molecule has 0 aliphatic heterocycles. The molecule has 132 valence electrons. The standard InChI is InChI=1S/C21H22N4O/c1-15-8-9-19(16(2)12-15)25-21-23-13-18(14-24-21)20(26)22-11-10-17-6-4-3-5-7-17/h3-9,12-14H,10-11H2,1-2H3,(H,22,26)(H,23,24,25). The molecular formula is C21H22N4O. The molecule has 0 unspecified atom stereocenters. The highest BCUT2D eigenvalue weighted by atomic mass is 16.1. The number of anilines is 2. The quantitative estimate of drug-likeness (QED) is 0.712. The smallest absolute Gasteiger partial charge is 0.254 e. The molecule has 0 atom stereocenters. The van der Waals surface area contributed by atoms with Gasteiger partial charge < -0.3 is 10.6 Å². The molecule has 2 N–H and O–H groups in total. The number of hydrogen-bond donors (Lipinski definition) is 2. The zero-order valence-corrected chi connectivity index (χ0v) is 15.0. The van der Waals surface area contributed by atoms with Gasteiger partial charge >= 0.3 is 0 Å². The average Bonchev–Trinajstić information content (AvgIpc) is 2.65. The van der Waals surface area contributed by atoms with Crippen LogP contribution in [-0.2, 0) is 6.42 Å². The molecule has 0 saturated carbocycles. The topological polar surface area (TPSA) is 66.9 Å². The molecule has 2 aromatic carbocycles. The predicted octanol–water partition coefficient (Wildman–Crippen LogP) is 3.81. The van der Waals surface area contributed by atoms with Gasteiger partial charge in [-0.05, 0) is 37.5 Å². The van der Waals surface area contributed by atoms with Crippen molar-refractivity contribution in [3.8, 4) is 0 Å². The van der Waals surface area contributed by atoms with Gasteiger partial charge in [0.25, 0.3) is 5.91 Å². The first kappa shape index (κ1) is 17.6. The summed E-state index contributed by atoms with van der Waals surface area (Å²) in [5.74, 6) is 0.303. The molecule has 0 aliphatic carbocycles. The number of nitrogens with zero attached hydrogens (tertiary/aromatic N) is 2. The summed E-state index contributed by atoms with van der Waals surface area (Å²) >= 11 is 0. The molecule has 0 fully saturated rings. The largest absolute Gasteiger partial charge is 0.352 e. The Morgan fingerprint density at radius 3 is 2.42 bits per heavy atom. The summed E-state index contributed by atoms with van der Waals surface area (Å²) in [5.41, 5.74) is 4.92. The lowest BCUT2D eigenvalue weighted by atomic mass is 10.1. The molecule has 26 heavy (non-hydrogen) atoms. The molecule has 0 bridgehead atoms. The number of carbonyl (C=O) groups is 1. The van der Waals surface area contributed by atoms with E-state index in [4.69, 9.17) is 0 Å². The van der Waals surface area contributed by atoms with Crippen molar-refractivity contribution in [3.05, 3.63) is 83.2 Å². The second kappa shape index (κ2) is 8.25. The molecule has 1 aromatic heterocycles. The summed E-state index contributed by atoms with van der Waals surface area (Å²) in [6, 6.07) is 16.2. The fraction of sp³-hybridized carbons (Fsp3) is 0.190. The molecule has 3 aromatic rings. The molecule has 1 amide bonds. The number of aromatic nitrogens is 2. The van der Waals surface area contributed by atoms with Gasteiger partial charge in [0, 0.05) is 24.6 Å². The number of aryl methyl sites for hydroxylation is 2. The van der Waals surface area contributed by atoms with Crippen molar-refractivity contribution in [2.24, 2.45) is 0 Å². The highest BCUT2D eigenvalue weighted by Crippen LogP contribution is 2.19. The number of nitrogens with one attached hydrogen (secondary N) is 2. The van der Waals surface area contributed by atoms with Gasteiger partial charge in [-0.3, -0.25) is 4.79 Å². The normalized spacial score (nSPS) is 10.4. The molecule has 5 heteroatoms. The fourth-order valence-electron chi connectivity index (χ4n) is 2.65. The Morgan fingerprint density at radius 2 is 1.73 bits per heavy atom. The number of hydrogen-bond acceptors (Lipinski definition) is 4. The van der Waals surface area contributed by atoms with Crippen molar-refractivity contribution < 1.29 is 4.79 Å². The van der Waals surface area contributed by atoms with Crippen molar-refractivity contribution in [2.45, 2.75) is 20.3 Å².